The topological polar surface area (TPSA) is 46.2 Å². The van der Waals surface area contributed by atoms with Gasteiger partial charge in [0.15, 0.2) is 0 Å². The molecule has 0 fully saturated rings. The molecule has 5 nitrogen and oxygen atoms in total. The van der Waals surface area contributed by atoms with Crippen LogP contribution < -0.4 is 0 Å². The number of ether oxygens (including phenoxy) is 5. The van der Waals surface area contributed by atoms with Crippen molar-refractivity contribution in [3.63, 3.8) is 0 Å². The molecule has 0 unspecified atom stereocenters. The summed E-state index contributed by atoms with van der Waals surface area (Å²) < 4.78 is 25.7. The molecule has 118 valence electrons. The monoisotopic (exact) mass is 288 g/mol. The van der Waals surface area contributed by atoms with E-state index in [1.165, 1.54) is 0 Å². The van der Waals surface area contributed by atoms with Crippen molar-refractivity contribution in [3.8, 4) is 12.3 Å². The van der Waals surface area contributed by atoms with Gasteiger partial charge < -0.3 is 23.7 Å². The first-order valence-electron chi connectivity index (χ1n) is 6.93. The number of hydrogen-bond donors (Lipinski definition) is 0. The summed E-state index contributed by atoms with van der Waals surface area (Å²) in [6, 6.07) is 0. The Labute approximate surface area is 122 Å². The summed E-state index contributed by atoms with van der Waals surface area (Å²) >= 11 is 0. The van der Waals surface area contributed by atoms with E-state index in [1.54, 1.807) is 14.2 Å². The molecule has 0 aliphatic rings. The fraction of sp³-hybridized carbons (Fsp3) is 0.867. The minimum atomic E-state index is -0.237. The van der Waals surface area contributed by atoms with Crippen LogP contribution in [0.5, 0.6) is 0 Å². The lowest BCUT2D eigenvalue weighted by atomic mass is 9.82. The van der Waals surface area contributed by atoms with Gasteiger partial charge in [-0.05, 0) is 19.3 Å². The van der Waals surface area contributed by atoms with Crippen molar-refractivity contribution < 1.29 is 23.7 Å². The quantitative estimate of drug-likeness (QED) is 0.278. The van der Waals surface area contributed by atoms with Crippen LogP contribution >= 0.6 is 0 Å². The third-order valence-electron chi connectivity index (χ3n) is 3.10. The van der Waals surface area contributed by atoms with E-state index in [0.717, 1.165) is 19.3 Å². The van der Waals surface area contributed by atoms with Gasteiger partial charge in [0.2, 0.25) is 0 Å². The highest BCUT2D eigenvalue weighted by atomic mass is 16.7. The summed E-state index contributed by atoms with van der Waals surface area (Å²) in [5.74, 6) is 2.86. The fourth-order valence-electron chi connectivity index (χ4n) is 1.72. The van der Waals surface area contributed by atoms with Crippen LogP contribution in [0.3, 0.4) is 0 Å². The van der Waals surface area contributed by atoms with Gasteiger partial charge >= 0.3 is 0 Å². The molecule has 0 spiro atoms. The van der Waals surface area contributed by atoms with Crippen LogP contribution in [0, 0.1) is 17.8 Å². The Bertz CT molecular complexity index is 251. The molecule has 0 aliphatic heterocycles. The van der Waals surface area contributed by atoms with Crippen molar-refractivity contribution in [3.05, 3.63) is 0 Å². The third-order valence-corrected chi connectivity index (χ3v) is 3.10. The molecular formula is C15H28O5. The molecule has 0 rings (SSSR count). The summed E-state index contributed by atoms with van der Waals surface area (Å²) in [5, 5.41) is 0. The second-order valence-electron chi connectivity index (χ2n) is 4.56. The van der Waals surface area contributed by atoms with Gasteiger partial charge in [0.25, 0.3) is 0 Å². The van der Waals surface area contributed by atoms with Gasteiger partial charge in [0.05, 0.1) is 25.2 Å². The summed E-state index contributed by atoms with van der Waals surface area (Å²) in [7, 11) is 3.24. The van der Waals surface area contributed by atoms with Crippen LogP contribution in [0.2, 0.25) is 0 Å². The van der Waals surface area contributed by atoms with E-state index in [1.807, 2.05) is 0 Å². The van der Waals surface area contributed by atoms with Crippen LogP contribution in [0.15, 0.2) is 0 Å². The van der Waals surface area contributed by atoms with Gasteiger partial charge in [-0.2, -0.15) is 0 Å². The third kappa shape index (κ3) is 9.29. The Hall–Kier alpha value is -0.640. The zero-order valence-corrected chi connectivity index (χ0v) is 13.0. The highest BCUT2D eigenvalue weighted by molar-refractivity contribution is 5.05. The van der Waals surface area contributed by atoms with E-state index in [4.69, 9.17) is 30.1 Å². The summed E-state index contributed by atoms with van der Waals surface area (Å²) in [6.07, 6.45) is 8.26. The minimum Gasteiger partial charge on any atom is -0.382 e. The first kappa shape index (κ1) is 19.4. The minimum absolute atomic E-state index is 0.237. The van der Waals surface area contributed by atoms with Crippen molar-refractivity contribution in [2.24, 2.45) is 5.41 Å². The number of hydrogen-bond acceptors (Lipinski definition) is 5. The van der Waals surface area contributed by atoms with E-state index in [9.17, 15) is 0 Å². The average molecular weight is 288 g/mol. The molecule has 0 bridgehead atoms. The summed E-state index contributed by atoms with van der Waals surface area (Å²) in [4.78, 5) is 0. The molecule has 0 amide bonds. The van der Waals surface area contributed by atoms with Crippen molar-refractivity contribution >= 4 is 0 Å². The zero-order chi connectivity index (χ0) is 15.1. The highest BCUT2D eigenvalue weighted by Gasteiger charge is 2.25. The van der Waals surface area contributed by atoms with Crippen molar-refractivity contribution in [2.45, 2.75) is 26.2 Å². The summed E-state index contributed by atoms with van der Waals surface area (Å²) in [6.45, 7) is 4.90. The van der Waals surface area contributed by atoms with Crippen LogP contribution in [0.25, 0.3) is 0 Å². The van der Waals surface area contributed by atoms with Gasteiger partial charge in [0.1, 0.15) is 13.6 Å². The van der Waals surface area contributed by atoms with Crippen molar-refractivity contribution in [1.82, 2.24) is 0 Å². The van der Waals surface area contributed by atoms with Crippen LogP contribution in [-0.4, -0.2) is 54.2 Å². The predicted molar refractivity (Wildman–Crippen MR) is 77.3 cm³/mol. The number of rotatable bonds is 14. The number of terminal acetylenes is 1. The molecule has 0 aromatic carbocycles. The molecule has 0 aromatic heterocycles. The Kier molecular flexibility index (Phi) is 12.9. The predicted octanol–water partition coefficient (Wildman–Crippen LogP) is 2.05. The van der Waals surface area contributed by atoms with Crippen molar-refractivity contribution in [2.75, 3.05) is 54.2 Å². The SMILES string of the molecule is C#C[C@](CC)(CCCOCOCCOC)COCOC. The van der Waals surface area contributed by atoms with E-state index in [2.05, 4.69) is 12.8 Å². The second-order valence-corrected chi connectivity index (χ2v) is 4.56. The molecule has 5 heteroatoms. The zero-order valence-electron chi connectivity index (χ0n) is 13.0. The van der Waals surface area contributed by atoms with E-state index >= 15 is 0 Å². The Balaban J connectivity index is 3.72. The van der Waals surface area contributed by atoms with Crippen LogP contribution in [0.1, 0.15) is 26.2 Å². The smallest absolute Gasteiger partial charge is 0.146 e. The second kappa shape index (κ2) is 13.3. The highest BCUT2D eigenvalue weighted by Crippen LogP contribution is 2.27. The first-order valence-corrected chi connectivity index (χ1v) is 6.93. The lowest BCUT2D eigenvalue weighted by molar-refractivity contribution is -0.0723. The molecule has 0 aliphatic carbocycles. The van der Waals surface area contributed by atoms with E-state index in [-0.39, 0.29) is 12.2 Å². The molecule has 0 saturated carbocycles. The van der Waals surface area contributed by atoms with Gasteiger partial charge in [0, 0.05) is 20.8 Å². The van der Waals surface area contributed by atoms with Crippen LogP contribution in [-0.2, 0) is 23.7 Å². The summed E-state index contributed by atoms with van der Waals surface area (Å²) in [5.41, 5.74) is -0.237. The molecule has 1 atom stereocenters. The van der Waals surface area contributed by atoms with E-state index in [0.29, 0.717) is 33.2 Å². The molecular weight excluding hydrogens is 260 g/mol. The lowest BCUT2D eigenvalue weighted by Gasteiger charge is -2.26. The fourth-order valence-corrected chi connectivity index (χ4v) is 1.72. The van der Waals surface area contributed by atoms with Gasteiger partial charge in [-0.3, -0.25) is 0 Å². The average Bonchev–Trinajstić information content (AvgIpc) is 2.48. The standard InChI is InChI=1S/C15H28O5/c1-5-15(6-2,12-20-13-17-4)8-7-9-18-14-19-11-10-16-3/h1H,6-14H2,2-4H3/t15-/m0/s1. The normalized spacial score (nSPS) is 13.9. The first-order chi connectivity index (χ1) is 9.74. The lowest BCUT2D eigenvalue weighted by Crippen LogP contribution is -2.25. The van der Waals surface area contributed by atoms with Gasteiger partial charge in [-0.1, -0.05) is 12.8 Å². The van der Waals surface area contributed by atoms with E-state index < -0.39 is 0 Å². The maximum atomic E-state index is 5.65. The maximum absolute atomic E-state index is 5.65. The molecule has 0 saturated heterocycles. The molecule has 0 aromatic rings. The molecule has 0 heterocycles. The Morgan fingerprint density at radius 1 is 0.950 bits per heavy atom. The Morgan fingerprint density at radius 3 is 2.30 bits per heavy atom. The molecule has 20 heavy (non-hydrogen) atoms. The maximum Gasteiger partial charge on any atom is 0.146 e. The molecule has 0 N–H and O–H groups in total. The van der Waals surface area contributed by atoms with Crippen molar-refractivity contribution in [1.29, 1.82) is 0 Å². The Morgan fingerprint density at radius 2 is 1.70 bits per heavy atom. The van der Waals surface area contributed by atoms with Gasteiger partial charge in [-0.15, -0.1) is 6.42 Å². The largest absolute Gasteiger partial charge is 0.382 e. The molecule has 0 radical (unpaired) electrons. The van der Waals surface area contributed by atoms with Gasteiger partial charge in [-0.25, -0.2) is 0 Å². The van der Waals surface area contributed by atoms with Crippen LogP contribution in [0.4, 0.5) is 0 Å². The number of methoxy groups -OCH3 is 2.